The molecule has 0 aliphatic heterocycles. The van der Waals surface area contributed by atoms with Gasteiger partial charge in [-0.15, -0.1) is 11.3 Å². The third-order valence-electron chi connectivity index (χ3n) is 2.85. The molecule has 3 aromatic rings. The van der Waals surface area contributed by atoms with Gasteiger partial charge in [0, 0.05) is 17.3 Å². The Morgan fingerprint density at radius 3 is 2.86 bits per heavy atom. The van der Waals surface area contributed by atoms with Crippen molar-refractivity contribution < 1.29 is 9.13 Å². The van der Waals surface area contributed by atoms with E-state index in [1.165, 1.54) is 0 Å². The quantitative estimate of drug-likeness (QED) is 0.756. The summed E-state index contributed by atoms with van der Waals surface area (Å²) >= 11 is 1.59. The summed E-state index contributed by atoms with van der Waals surface area (Å²) in [7, 11) is 0. The van der Waals surface area contributed by atoms with Gasteiger partial charge in [0.15, 0.2) is 11.6 Å². The van der Waals surface area contributed by atoms with Crippen molar-refractivity contribution in [2.24, 2.45) is 0 Å². The van der Waals surface area contributed by atoms with E-state index in [0.717, 1.165) is 16.6 Å². The van der Waals surface area contributed by atoms with Crippen LogP contribution in [0.25, 0.3) is 0 Å². The summed E-state index contributed by atoms with van der Waals surface area (Å²) in [5, 5.41) is 4.92. The molecular weight excluding hydrogens is 303 g/mol. The second kappa shape index (κ2) is 6.95. The van der Waals surface area contributed by atoms with Gasteiger partial charge in [-0.25, -0.2) is 9.37 Å². The first-order valence-electron chi connectivity index (χ1n) is 6.62. The van der Waals surface area contributed by atoms with Gasteiger partial charge < -0.3 is 10.1 Å². The van der Waals surface area contributed by atoms with Gasteiger partial charge in [0.2, 0.25) is 0 Å². The molecule has 0 atom stereocenters. The second-order valence-corrected chi connectivity index (χ2v) is 5.46. The Labute approximate surface area is 130 Å². The minimum atomic E-state index is -0.507. The van der Waals surface area contributed by atoms with Gasteiger partial charge in [-0.1, -0.05) is 6.07 Å². The van der Waals surface area contributed by atoms with Crippen LogP contribution in [0.2, 0.25) is 0 Å². The topological polar surface area (TPSA) is 59.9 Å². The van der Waals surface area contributed by atoms with E-state index in [2.05, 4.69) is 20.3 Å². The SMILES string of the molecule is Fc1cnc(OCc2ccncc2)nc1NCc1cccs1. The lowest BCUT2D eigenvalue weighted by atomic mass is 10.3. The Balaban J connectivity index is 1.64. The maximum absolute atomic E-state index is 13.7. The summed E-state index contributed by atoms with van der Waals surface area (Å²) in [6.45, 7) is 0.813. The summed E-state index contributed by atoms with van der Waals surface area (Å²) in [5.41, 5.74) is 0.941. The van der Waals surface area contributed by atoms with Crippen LogP contribution in [0.5, 0.6) is 6.01 Å². The van der Waals surface area contributed by atoms with Gasteiger partial charge in [0.25, 0.3) is 0 Å². The molecule has 0 amide bonds. The number of thiophene rings is 1. The summed E-state index contributed by atoms with van der Waals surface area (Å²) in [6.07, 6.45) is 4.46. The number of anilines is 1. The van der Waals surface area contributed by atoms with Gasteiger partial charge in [-0.3, -0.25) is 4.98 Å². The largest absolute Gasteiger partial charge is 0.459 e. The molecule has 3 heterocycles. The molecular formula is C15H13FN4OS. The molecule has 7 heteroatoms. The Bertz CT molecular complexity index is 722. The van der Waals surface area contributed by atoms with Crippen molar-refractivity contribution in [2.75, 3.05) is 5.32 Å². The van der Waals surface area contributed by atoms with E-state index in [9.17, 15) is 4.39 Å². The van der Waals surface area contributed by atoms with Crippen LogP contribution in [0.3, 0.4) is 0 Å². The number of nitrogens with one attached hydrogen (secondary N) is 1. The number of hydrogen-bond acceptors (Lipinski definition) is 6. The molecule has 0 aliphatic carbocycles. The summed E-state index contributed by atoms with van der Waals surface area (Å²) in [4.78, 5) is 12.9. The molecule has 0 unspecified atom stereocenters. The zero-order chi connectivity index (χ0) is 15.2. The van der Waals surface area contributed by atoms with Crippen LogP contribution in [-0.2, 0) is 13.2 Å². The first-order chi connectivity index (χ1) is 10.8. The summed E-state index contributed by atoms with van der Waals surface area (Å²) in [5.74, 6) is -0.374. The molecule has 0 spiro atoms. The molecule has 22 heavy (non-hydrogen) atoms. The molecule has 0 saturated carbocycles. The third-order valence-corrected chi connectivity index (χ3v) is 3.73. The highest BCUT2D eigenvalue weighted by Crippen LogP contribution is 2.16. The van der Waals surface area contributed by atoms with Crippen LogP contribution in [0.15, 0.2) is 48.2 Å². The van der Waals surface area contributed by atoms with Crippen LogP contribution < -0.4 is 10.1 Å². The lowest BCUT2D eigenvalue weighted by Crippen LogP contribution is -2.06. The van der Waals surface area contributed by atoms with Crippen molar-refractivity contribution in [3.05, 3.63) is 64.5 Å². The van der Waals surface area contributed by atoms with Crippen LogP contribution in [0.4, 0.5) is 10.2 Å². The highest BCUT2D eigenvalue weighted by Gasteiger charge is 2.08. The Morgan fingerprint density at radius 2 is 2.09 bits per heavy atom. The molecule has 0 fully saturated rings. The minimum absolute atomic E-state index is 0.131. The highest BCUT2D eigenvalue weighted by atomic mass is 32.1. The normalized spacial score (nSPS) is 10.4. The van der Waals surface area contributed by atoms with Crippen molar-refractivity contribution in [1.29, 1.82) is 0 Å². The fraction of sp³-hybridized carbons (Fsp3) is 0.133. The third kappa shape index (κ3) is 3.76. The van der Waals surface area contributed by atoms with Crippen LogP contribution in [0.1, 0.15) is 10.4 Å². The second-order valence-electron chi connectivity index (χ2n) is 4.43. The number of halogens is 1. The van der Waals surface area contributed by atoms with E-state index in [0.29, 0.717) is 13.2 Å². The van der Waals surface area contributed by atoms with E-state index in [1.54, 1.807) is 23.7 Å². The van der Waals surface area contributed by atoms with E-state index in [1.807, 2.05) is 29.6 Å². The number of pyridine rings is 1. The molecule has 0 radical (unpaired) electrons. The monoisotopic (exact) mass is 316 g/mol. The van der Waals surface area contributed by atoms with E-state index in [-0.39, 0.29) is 11.8 Å². The number of ether oxygens (including phenoxy) is 1. The van der Waals surface area contributed by atoms with E-state index < -0.39 is 5.82 Å². The molecule has 3 rings (SSSR count). The Hall–Kier alpha value is -2.54. The number of hydrogen-bond donors (Lipinski definition) is 1. The zero-order valence-electron chi connectivity index (χ0n) is 11.6. The number of rotatable bonds is 6. The standard InChI is InChI=1S/C15H13FN4OS/c16-13-9-19-15(21-10-11-3-5-17-6-4-11)20-14(13)18-8-12-2-1-7-22-12/h1-7,9H,8,10H2,(H,18,19,20). The fourth-order valence-corrected chi connectivity index (χ4v) is 2.40. The average molecular weight is 316 g/mol. The van der Waals surface area contributed by atoms with Crippen molar-refractivity contribution in [1.82, 2.24) is 15.0 Å². The van der Waals surface area contributed by atoms with Gasteiger partial charge in [-0.05, 0) is 29.1 Å². The molecule has 5 nitrogen and oxygen atoms in total. The fourth-order valence-electron chi connectivity index (χ4n) is 1.76. The summed E-state index contributed by atoms with van der Waals surface area (Å²) < 4.78 is 19.2. The zero-order valence-corrected chi connectivity index (χ0v) is 12.4. The average Bonchev–Trinajstić information content (AvgIpc) is 3.07. The van der Waals surface area contributed by atoms with Crippen molar-refractivity contribution in [2.45, 2.75) is 13.2 Å². The van der Waals surface area contributed by atoms with Gasteiger partial charge >= 0.3 is 6.01 Å². The van der Waals surface area contributed by atoms with E-state index >= 15 is 0 Å². The van der Waals surface area contributed by atoms with Crippen LogP contribution >= 0.6 is 11.3 Å². The van der Waals surface area contributed by atoms with Crippen molar-refractivity contribution >= 4 is 17.2 Å². The van der Waals surface area contributed by atoms with E-state index in [4.69, 9.17) is 4.74 Å². The molecule has 0 bridgehead atoms. The lowest BCUT2D eigenvalue weighted by Gasteiger charge is -2.08. The number of nitrogens with zero attached hydrogens (tertiary/aromatic N) is 3. The summed E-state index contributed by atoms with van der Waals surface area (Å²) in [6, 6.07) is 7.71. The molecule has 112 valence electrons. The molecule has 0 saturated heterocycles. The predicted molar refractivity (Wildman–Crippen MR) is 82.2 cm³/mol. The highest BCUT2D eigenvalue weighted by molar-refractivity contribution is 7.09. The first-order valence-corrected chi connectivity index (χ1v) is 7.50. The van der Waals surface area contributed by atoms with Gasteiger partial charge in [0.1, 0.15) is 6.61 Å². The van der Waals surface area contributed by atoms with Crippen molar-refractivity contribution in [3.63, 3.8) is 0 Å². The van der Waals surface area contributed by atoms with Crippen molar-refractivity contribution in [3.8, 4) is 6.01 Å². The van der Waals surface area contributed by atoms with Gasteiger partial charge in [0.05, 0.1) is 12.7 Å². The first kappa shape index (κ1) is 14.4. The minimum Gasteiger partial charge on any atom is -0.459 e. The maximum Gasteiger partial charge on any atom is 0.318 e. The van der Waals surface area contributed by atoms with Crippen LogP contribution in [0, 0.1) is 5.82 Å². The van der Waals surface area contributed by atoms with Crippen LogP contribution in [-0.4, -0.2) is 15.0 Å². The Kier molecular flexibility index (Phi) is 4.55. The molecule has 0 aromatic carbocycles. The molecule has 1 N–H and O–H groups in total. The lowest BCUT2D eigenvalue weighted by molar-refractivity contribution is 0.279. The maximum atomic E-state index is 13.7. The van der Waals surface area contributed by atoms with Gasteiger partial charge in [-0.2, -0.15) is 4.98 Å². The number of aromatic nitrogens is 3. The predicted octanol–water partition coefficient (Wildman–Crippen LogP) is 3.26. The molecule has 3 aromatic heterocycles. The molecule has 0 aliphatic rings. The smallest absolute Gasteiger partial charge is 0.318 e. The Morgan fingerprint density at radius 1 is 1.23 bits per heavy atom.